The number of amides is 2. The standard InChI is InChI=1S/C22H28N2O3/c1-4-6-21(25)23-18-9-11-19(12-10-18)24-22(26)15-27-20-13-7-17(8-14-20)16(3)5-2/h7-14,16H,4-6,15H2,1-3H3,(H,23,25)(H,24,26)/t16-/m0/s1. The third kappa shape index (κ3) is 6.77. The monoisotopic (exact) mass is 368 g/mol. The lowest BCUT2D eigenvalue weighted by molar-refractivity contribution is -0.118. The summed E-state index contributed by atoms with van der Waals surface area (Å²) in [5.41, 5.74) is 2.63. The van der Waals surface area contributed by atoms with Gasteiger partial charge in [-0.2, -0.15) is 0 Å². The molecule has 0 saturated carbocycles. The van der Waals surface area contributed by atoms with E-state index in [1.165, 1.54) is 5.56 Å². The largest absolute Gasteiger partial charge is 0.484 e. The van der Waals surface area contributed by atoms with Crippen LogP contribution in [-0.4, -0.2) is 18.4 Å². The number of ether oxygens (including phenoxy) is 1. The fraction of sp³-hybridized carbons (Fsp3) is 0.364. The quantitative estimate of drug-likeness (QED) is 0.657. The van der Waals surface area contributed by atoms with Crippen molar-refractivity contribution in [3.05, 3.63) is 54.1 Å². The van der Waals surface area contributed by atoms with Crippen LogP contribution in [0.25, 0.3) is 0 Å². The Morgan fingerprint density at radius 2 is 1.44 bits per heavy atom. The zero-order valence-corrected chi connectivity index (χ0v) is 16.2. The van der Waals surface area contributed by atoms with Crippen LogP contribution in [0.3, 0.4) is 0 Å². The van der Waals surface area contributed by atoms with Crippen molar-refractivity contribution in [1.82, 2.24) is 0 Å². The van der Waals surface area contributed by atoms with Crippen LogP contribution in [0.4, 0.5) is 11.4 Å². The summed E-state index contributed by atoms with van der Waals surface area (Å²) in [4.78, 5) is 23.6. The summed E-state index contributed by atoms with van der Waals surface area (Å²) >= 11 is 0. The first-order valence-electron chi connectivity index (χ1n) is 9.44. The zero-order valence-electron chi connectivity index (χ0n) is 16.2. The van der Waals surface area contributed by atoms with Gasteiger partial charge in [-0.25, -0.2) is 0 Å². The normalized spacial score (nSPS) is 11.5. The maximum Gasteiger partial charge on any atom is 0.262 e. The molecular weight excluding hydrogens is 340 g/mol. The second-order valence-corrected chi connectivity index (χ2v) is 6.59. The minimum Gasteiger partial charge on any atom is -0.484 e. The van der Waals surface area contributed by atoms with Crippen molar-refractivity contribution in [3.8, 4) is 5.75 Å². The number of hydrogen-bond donors (Lipinski definition) is 2. The molecular formula is C22H28N2O3. The van der Waals surface area contributed by atoms with Crippen molar-refractivity contribution in [2.24, 2.45) is 0 Å². The number of hydrogen-bond acceptors (Lipinski definition) is 3. The summed E-state index contributed by atoms with van der Waals surface area (Å²) in [6, 6.07) is 14.9. The average molecular weight is 368 g/mol. The van der Waals surface area contributed by atoms with Crippen LogP contribution >= 0.6 is 0 Å². The van der Waals surface area contributed by atoms with Gasteiger partial charge in [-0.15, -0.1) is 0 Å². The number of carbonyl (C=O) groups excluding carboxylic acids is 2. The van der Waals surface area contributed by atoms with Gasteiger partial charge in [-0.1, -0.05) is 32.9 Å². The fourth-order valence-corrected chi connectivity index (χ4v) is 2.56. The van der Waals surface area contributed by atoms with Gasteiger partial charge in [0.1, 0.15) is 5.75 Å². The zero-order chi connectivity index (χ0) is 19.6. The maximum absolute atomic E-state index is 12.0. The summed E-state index contributed by atoms with van der Waals surface area (Å²) in [7, 11) is 0. The van der Waals surface area contributed by atoms with E-state index in [1.54, 1.807) is 24.3 Å². The lowest BCUT2D eigenvalue weighted by Gasteiger charge is -2.11. The maximum atomic E-state index is 12.0. The van der Waals surface area contributed by atoms with Gasteiger partial charge in [0, 0.05) is 17.8 Å². The van der Waals surface area contributed by atoms with E-state index in [0.29, 0.717) is 29.5 Å². The third-order valence-corrected chi connectivity index (χ3v) is 4.36. The molecule has 0 aliphatic rings. The van der Waals surface area contributed by atoms with Crippen molar-refractivity contribution < 1.29 is 14.3 Å². The third-order valence-electron chi connectivity index (χ3n) is 4.36. The van der Waals surface area contributed by atoms with E-state index >= 15 is 0 Å². The molecule has 5 heteroatoms. The number of rotatable bonds is 9. The van der Waals surface area contributed by atoms with E-state index in [1.807, 2.05) is 31.2 Å². The molecule has 0 radical (unpaired) electrons. The highest BCUT2D eigenvalue weighted by Gasteiger charge is 2.06. The molecule has 2 aromatic rings. The Morgan fingerprint density at radius 1 is 0.889 bits per heavy atom. The molecule has 0 fully saturated rings. The number of benzene rings is 2. The van der Waals surface area contributed by atoms with E-state index in [2.05, 4.69) is 24.5 Å². The summed E-state index contributed by atoms with van der Waals surface area (Å²) in [6.07, 6.45) is 2.39. The van der Waals surface area contributed by atoms with Gasteiger partial charge >= 0.3 is 0 Å². The first-order valence-corrected chi connectivity index (χ1v) is 9.44. The van der Waals surface area contributed by atoms with Crippen molar-refractivity contribution in [2.45, 2.75) is 46.0 Å². The van der Waals surface area contributed by atoms with E-state index in [4.69, 9.17) is 4.74 Å². The molecule has 0 aliphatic heterocycles. The van der Waals surface area contributed by atoms with E-state index in [9.17, 15) is 9.59 Å². The Bertz CT molecular complexity index is 739. The van der Waals surface area contributed by atoms with Gasteiger partial charge in [-0.05, 0) is 60.7 Å². The van der Waals surface area contributed by atoms with Gasteiger partial charge in [-0.3, -0.25) is 9.59 Å². The van der Waals surface area contributed by atoms with Crippen molar-refractivity contribution in [2.75, 3.05) is 17.2 Å². The molecule has 144 valence electrons. The van der Waals surface area contributed by atoms with E-state index in [0.717, 1.165) is 12.8 Å². The highest BCUT2D eigenvalue weighted by Crippen LogP contribution is 2.21. The van der Waals surface area contributed by atoms with Crippen molar-refractivity contribution in [3.63, 3.8) is 0 Å². The van der Waals surface area contributed by atoms with Gasteiger partial charge in [0.2, 0.25) is 5.91 Å². The molecule has 27 heavy (non-hydrogen) atoms. The van der Waals surface area contributed by atoms with Gasteiger partial charge in [0.05, 0.1) is 0 Å². The molecule has 0 unspecified atom stereocenters. The molecule has 2 N–H and O–H groups in total. The predicted molar refractivity (Wildman–Crippen MR) is 109 cm³/mol. The molecule has 2 aromatic carbocycles. The number of carbonyl (C=O) groups is 2. The minimum atomic E-state index is -0.233. The molecule has 0 aromatic heterocycles. The Labute approximate surface area is 161 Å². The molecule has 0 aliphatic carbocycles. The summed E-state index contributed by atoms with van der Waals surface area (Å²) in [5, 5.41) is 5.59. The topological polar surface area (TPSA) is 67.4 Å². The predicted octanol–water partition coefficient (Wildman–Crippen LogP) is 4.96. The smallest absolute Gasteiger partial charge is 0.262 e. The molecule has 0 spiro atoms. The molecule has 2 rings (SSSR count). The SMILES string of the molecule is CCCC(=O)Nc1ccc(NC(=O)COc2ccc([C@@H](C)CC)cc2)cc1. The molecule has 0 saturated heterocycles. The second-order valence-electron chi connectivity index (χ2n) is 6.59. The number of nitrogens with one attached hydrogen (secondary N) is 2. The van der Waals surface area contributed by atoms with Crippen LogP contribution in [0.1, 0.15) is 51.5 Å². The van der Waals surface area contributed by atoms with Crippen LogP contribution < -0.4 is 15.4 Å². The Hall–Kier alpha value is -2.82. The minimum absolute atomic E-state index is 0.0120. The molecule has 5 nitrogen and oxygen atoms in total. The second kappa shape index (κ2) is 10.4. The average Bonchev–Trinajstić information content (AvgIpc) is 2.68. The number of anilines is 2. The molecule has 0 bridgehead atoms. The lowest BCUT2D eigenvalue weighted by Crippen LogP contribution is -2.20. The highest BCUT2D eigenvalue weighted by molar-refractivity contribution is 5.93. The molecule has 0 heterocycles. The Kier molecular flexibility index (Phi) is 7.86. The molecule has 2 amide bonds. The highest BCUT2D eigenvalue weighted by atomic mass is 16.5. The molecule has 1 atom stereocenters. The Balaban J connectivity index is 1.80. The summed E-state index contributed by atoms with van der Waals surface area (Å²) < 4.78 is 5.54. The lowest BCUT2D eigenvalue weighted by atomic mass is 9.99. The van der Waals surface area contributed by atoms with Crippen LogP contribution in [0.2, 0.25) is 0 Å². The first-order chi connectivity index (χ1) is 13.0. The fourth-order valence-electron chi connectivity index (χ4n) is 2.56. The van der Waals surface area contributed by atoms with E-state index < -0.39 is 0 Å². The Morgan fingerprint density at radius 3 is 1.96 bits per heavy atom. The van der Waals surface area contributed by atoms with Crippen LogP contribution in [0, 0.1) is 0 Å². The van der Waals surface area contributed by atoms with Crippen molar-refractivity contribution >= 4 is 23.2 Å². The first kappa shape index (κ1) is 20.5. The van der Waals surface area contributed by atoms with E-state index in [-0.39, 0.29) is 18.4 Å². The van der Waals surface area contributed by atoms with Crippen LogP contribution in [0.15, 0.2) is 48.5 Å². The summed E-state index contributed by atoms with van der Waals surface area (Å²) in [5.74, 6) is 0.939. The van der Waals surface area contributed by atoms with Gasteiger partial charge in [0.15, 0.2) is 6.61 Å². The van der Waals surface area contributed by atoms with Crippen molar-refractivity contribution in [1.29, 1.82) is 0 Å². The summed E-state index contributed by atoms with van der Waals surface area (Å²) in [6.45, 7) is 6.24. The van der Waals surface area contributed by atoms with Crippen LogP contribution in [-0.2, 0) is 9.59 Å². The van der Waals surface area contributed by atoms with Gasteiger partial charge in [0.25, 0.3) is 5.91 Å². The van der Waals surface area contributed by atoms with Crippen LogP contribution in [0.5, 0.6) is 5.75 Å². The van der Waals surface area contributed by atoms with Gasteiger partial charge < -0.3 is 15.4 Å².